The van der Waals surface area contributed by atoms with E-state index < -0.39 is 10.8 Å². The zero-order chi connectivity index (χ0) is 13.0. The Morgan fingerprint density at radius 2 is 2.11 bits per heavy atom. The van der Waals surface area contributed by atoms with E-state index in [-0.39, 0.29) is 17.2 Å². The minimum absolute atomic E-state index is 0.0730. The van der Waals surface area contributed by atoms with Crippen molar-refractivity contribution in [2.75, 3.05) is 12.4 Å². The van der Waals surface area contributed by atoms with Crippen LogP contribution in [0.3, 0.4) is 0 Å². The van der Waals surface area contributed by atoms with Gasteiger partial charge in [0.2, 0.25) is 0 Å². The molecule has 1 aromatic rings. The third-order valence-electron chi connectivity index (χ3n) is 3.36. The van der Waals surface area contributed by atoms with Crippen molar-refractivity contribution in [3.05, 3.63) is 35.6 Å². The van der Waals surface area contributed by atoms with Crippen molar-refractivity contribution in [2.45, 2.75) is 37.5 Å². The van der Waals surface area contributed by atoms with Crippen LogP contribution in [0.5, 0.6) is 0 Å². The lowest BCUT2D eigenvalue weighted by molar-refractivity contribution is 0.0309. The summed E-state index contributed by atoms with van der Waals surface area (Å²) >= 11 is 0. The van der Waals surface area contributed by atoms with Crippen LogP contribution in [0.2, 0.25) is 0 Å². The number of hydrogen-bond donors (Lipinski definition) is 0. The van der Waals surface area contributed by atoms with Gasteiger partial charge in [0.15, 0.2) is 0 Å². The quantitative estimate of drug-likeness (QED) is 0.840. The van der Waals surface area contributed by atoms with Crippen LogP contribution in [-0.4, -0.2) is 22.7 Å². The Morgan fingerprint density at radius 1 is 1.39 bits per heavy atom. The molecule has 2 rings (SSSR count). The smallest absolute Gasteiger partial charge is 0.123 e. The van der Waals surface area contributed by atoms with E-state index in [9.17, 15) is 8.60 Å². The highest BCUT2D eigenvalue weighted by atomic mass is 32.2. The number of hydrogen-bond acceptors (Lipinski definition) is 2. The summed E-state index contributed by atoms with van der Waals surface area (Å²) in [6.07, 6.45) is 3.40. The maximum atomic E-state index is 12.8. The first kappa shape index (κ1) is 13.7. The first-order valence-corrected chi connectivity index (χ1v) is 7.79. The third-order valence-corrected chi connectivity index (χ3v) is 5.12. The summed E-state index contributed by atoms with van der Waals surface area (Å²) in [6, 6.07) is 6.25. The van der Waals surface area contributed by atoms with Gasteiger partial charge in [-0.25, -0.2) is 4.39 Å². The molecule has 1 saturated heterocycles. The average molecular weight is 270 g/mol. The number of rotatable bonds is 4. The Bertz CT molecular complexity index is 399. The second kappa shape index (κ2) is 6.43. The largest absolute Gasteiger partial charge is 0.377 e. The highest BCUT2D eigenvalue weighted by molar-refractivity contribution is 7.85. The molecule has 4 heteroatoms. The lowest BCUT2D eigenvalue weighted by atomic mass is 10.1. The van der Waals surface area contributed by atoms with E-state index in [0.717, 1.165) is 31.4 Å². The molecule has 0 saturated carbocycles. The molecule has 0 amide bonds. The van der Waals surface area contributed by atoms with Crippen molar-refractivity contribution < 1.29 is 13.3 Å². The summed E-state index contributed by atoms with van der Waals surface area (Å²) in [5.41, 5.74) is 0.922. The Balaban J connectivity index is 1.93. The van der Waals surface area contributed by atoms with Gasteiger partial charge in [0.1, 0.15) is 5.82 Å². The summed E-state index contributed by atoms with van der Waals surface area (Å²) in [5, 5.41) is -0.0730. The Labute approximate surface area is 110 Å². The first-order valence-electron chi connectivity index (χ1n) is 6.41. The molecule has 0 radical (unpaired) electrons. The van der Waals surface area contributed by atoms with E-state index in [1.807, 2.05) is 6.92 Å². The molecule has 1 aliphatic heterocycles. The Morgan fingerprint density at radius 3 is 2.72 bits per heavy atom. The third kappa shape index (κ3) is 3.62. The van der Waals surface area contributed by atoms with Crippen molar-refractivity contribution in [1.82, 2.24) is 0 Å². The minimum atomic E-state index is -0.967. The van der Waals surface area contributed by atoms with Gasteiger partial charge >= 0.3 is 0 Å². The summed E-state index contributed by atoms with van der Waals surface area (Å²) < 4.78 is 30.7. The lowest BCUT2D eigenvalue weighted by Gasteiger charge is -2.23. The van der Waals surface area contributed by atoms with Crippen LogP contribution >= 0.6 is 0 Å². The van der Waals surface area contributed by atoms with Crippen molar-refractivity contribution in [3.63, 3.8) is 0 Å². The normalized spacial score (nSPS) is 23.6. The fraction of sp³-hybridized carbons (Fsp3) is 0.571. The second-order valence-corrected chi connectivity index (χ2v) is 6.53. The molecule has 1 aliphatic rings. The van der Waals surface area contributed by atoms with Gasteiger partial charge in [-0.1, -0.05) is 12.1 Å². The standard InChI is InChI=1S/C14H19FO2S/c1-11(12-5-7-13(15)8-6-12)18(16)10-14-4-2-3-9-17-14/h5-8,11,14H,2-4,9-10H2,1H3/t11-,14-,18-/m1/s1. The molecule has 1 fully saturated rings. The topological polar surface area (TPSA) is 26.3 Å². The van der Waals surface area contributed by atoms with E-state index in [0.29, 0.717) is 5.75 Å². The van der Waals surface area contributed by atoms with Crippen LogP contribution in [0.4, 0.5) is 4.39 Å². The monoisotopic (exact) mass is 270 g/mol. The van der Waals surface area contributed by atoms with Gasteiger partial charge in [-0.2, -0.15) is 0 Å². The maximum absolute atomic E-state index is 12.8. The molecule has 0 N–H and O–H groups in total. The highest BCUT2D eigenvalue weighted by Crippen LogP contribution is 2.22. The molecule has 18 heavy (non-hydrogen) atoms. The predicted octanol–water partition coefficient (Wildman–Crippen LogP) is 3.20. The fourth-order valence-corrected chi connectivity index (χ4v) is 3.53. The van der Waals surface area contributed by atoms with Gasteiger partial charge < -0.3 is 4.74 Å². The fourth-order valence-electron chi connectivity index (χ4n) is 2.15. The molecule has 0 unspecified atom stereocenters. The summed E-state index contributed by atoms with van der Waals surface area (Å²) in [5.74, 6) is 0.325. The Hall–Kier alpha value is -0.740. The molecule has 0 aromatic heterocycles. The average Bonchev–Trinajstić information content (AvgIpc) is 2.40. The van der Waals surface area contributed by atoms with Crippen molar-refractivity contribution in [3.8, 4) is 0 Å². The summed E-state index contributed by atoms with van der Waals surface area (Å²) in [4.78, 5) is 0. The molecule has 0 aliphatic carbocycles. The number of benzene rings is 1. The van der Waals surface area contributed by atoms with E-state index in [2.05, 4.69) is 0 Å². The molecule has 3 atom stereocenters. The lowest BCUT2D eigenvalue weighted by Crippen LogP contribution is -2.26. The van der Waals surface area contributed by atoms with Crippen LogP contribution < -0.4 is 0 Å². The highest BCUT2D eigenvalue weighted by Gasteiger charge is 2.21. The van der Waals surface area contributed by atoms with Crippen LogP contribution in [0.1, 0.15) is 37.0 Å². The van der Waals surface area contributed by atoms with Gasteiger partial charge in [-0.05, 0) is 43.9 Å². The molecule has 100 valence electrons. The second-order valence-electron chi connectivity index (χ2n) is 4.73. The SMILES string of the molecule is C[C@H](c1ccc(F)cc1)[S@](=O)C[C@H]1CCCCO1. The van der Waals surface area contributed by atoms with Crippen molar-refractivity contribution in [2.24, 2.45) is 0 Å². The molecule has 2 nitrogen and oxygen atoms in total. The molecular weight excluding hydrogens is 251 g/mol. The van der Waals surface area contributed by atoms with Crippen LogP contribution in [-0.2, 0) is 15.5 Å². The molecule has 1 aromatic carbocycles. The predicted molar refractivity (Wildman–Crippen MR) is 71.4 cm³/mol. The van der Waals surface area contributed by atoms with Gasteiger partial charge in [0.25, 0.3) is 0 Å². The maximum Gasteiger partial charge on any atom is 0.123 e. The van der Waals surface area contributed by atoms with Crippen LogP contribution in [0.15, 0.2) is 24.3 Å². The van der Waals surface area contributed by atoms with Gasteiger partial charge in [0, 0.05) is 17.4 Å². The zero-order valence-electron chi connectivity index (χ0n) is 10.6. The van der Waals surface area contributed by atoms with E-state index >= 15 is 0 Å². The van der Waals surface area contributed by atoms with Crippen molar-refractivity contribution in [1.29, 1.82) is 0 Å². The zero-order valence-corrected chi connectivity index (χ0v) is 11.4. The first-order chi connectivity index (χ1) is 8.66. The summed E-state index contributed by atoms with van der Waals surface area (Å²) in [6.45, 7) is 2.71. The van der Waals surface area contributed by atoms with Crippen LogP contribution in [0.25, 0.3) is 0 Å². The van der Waals surface area contributed by atoms with Crippen molar-refractivity contribution >= 4 is 10.8 Å². The van der Waals surface area contributed by atoms with Gasteiger partial charge in [-0.15, -0.1) is 0 Å². The van der Waals surface area contributed by atoms with E-state index in [4.69, 9.17) is 4.74 Å². The number of ether oxygens (including phenoxy) is 1. The van der Waals surface area contributed by atoms with E-state index in [1.54, 1.807) is 12.1 Å². The van der Waals surface area contributed by atoms with E-state index in [1.165, 1.54) is 12.1 Å². The molecule has 0 spiro atoms. The summed E-state index contributed by atoms with van der Waals surface area (Å²) in [7, 11) is -0.967. The van der Waals surface area contributed by atoms with Gasteiger partial charge in [0.05, 0.1) is 17.1 Å². The van der Waals surface area contributed by atoms with Crippen LogP contribution in [0, 0.1) is 5.82 Å². The van der Waals surface area contributed by atoms with Gasteiger partial charge in [-0.3, -0.25) is 4.21 Å². The number of halogens is 1. The molecular formula is C14H19FO2S. The minimum Gasteiger partial charge on any atom is -0.377 e. The molecule has 0 bridgehead atoms. The molecule has 1 heterocycles. The Kier molecular flexibility index (Phi) is 4.89.